The first kappa shape index (κ1) is 15.7. The van der Waals surface area contributed by atoms with E-state index in [1.54, 1.807) is 12.4 Å². The lowest BCUT2D eigenvalue weighted by molar-refractivity contribution is 0.0952. The van der Waals surface area contributed by atoms with Crippen LogP contribution in [0.3, 0.4) is 0 Å². The number of aromatic nitrogens is 4. The molecule has 25 heavy (non-hydrogen) atoms. The minimum atomic E-state index is -0.111. The fourth-order valence-corrected chi connectivity index (χ4v) is 3.37. The van der Waals surface area contributed by atoms with Crippen molar-refractivity contribution in [1.82, 2.24) is 24.8 Å². The molecule has 0 radical (unpaired) electrons. The molecular weight excluding hydrogens is 314 g/mol. The summed E-state index contributed by atoms with van der Waals surface area (Å²) in [5.41, 5.74) is 4.03. The smallest absolute Gasteiger partial charge is 0.253 e. The van der Waals surface area contributed by atoms with Crippen LogP contribution >= 0.6 is 0 Å². The molecular formula is C19H21N5O. The SMILES string of the molecule is Cc1cc(C(=O)NCc2ccncc2)c2nc3n(c2n1)CCCCC3. The van der Waals surface area contributed by atoms with E-state index in [1.807, 2.05) is 25.1 Å². The predicted octanol–water partition coefficient (Wildman–Crippen LogP) is 2.79. The van der Waals surface area contributed by atoms with Gasteiger partial charge in [0.2, 0.25) is 0 Å². The van der Waals surface area contributed by atoms with E-state index in [9.17, 15) is 4.79 Å². The van der Waals surface area contributed by atoms with Crippen LogP contribution in [-0.4, -0.2) is 25.4 Å². The first-order valence-electron chi connectivity index (χ1n) is 8.76. The van der Waals surface area contributed by atoms with Crippen LogP contribution in [0.15, 0.2) is 30.6 Å². The lowest BCUT2D eigenvalue weighted by Crippen LogP contribution is -2.23. The Kier molecular flexibility index (Phi) is 4.17. The highest BCUT2D eigenvalue weighted by atomic mass is 16.1. The summed E-state index contributed by atoms with van der Waals surface area (Å²) in [5, 5.41) is 2.98. The van der Waals surface area contributed by atoms with E-state index >= 15 is 0 Å². The first-order valence-corrected chi connectivity index (χ1v) is 8.76. The van der Waals surface area contributed by atoms with E-state index in [1.165, 1.54) is 6.42 Å². The Morgan fingerprint density at radius 1 is 1.20 bits per heavy atom. The molecule has 0 fully saturated rings. The Morgan fingerprint density at radius 2 is 2.04 bits per heavy atom. The van der Waals surface area contributed by atoms with Crippen molar-refractivity contribution in [3.05, 3.63) is 53.2 Å². The van der Waals surface area contributed by atoms with E-state index in [0.717, 1.165) is 54.1 Å². The number of carbonyl (C=O) groups is 1. The molecule has 3 aromatic rings. The highest BCUT2D eigenvalue weighted by molar-refractivity contribution is 6.04. The molecule has 4 rings (SSSR count). The Morgan fingerprint density at radius 3 is 2.88 bits per heavy atom. The molecule has 128 valence electrons. The number of amides is 1. The number of nitrogens with one attached hydrogen (secondary N) is 1. The number of fused-ring (bicyclic) bond motifs is 3. The number of hydrogen-bond acceptors (Lipinski definition) is 4. The maximum Gasteiger partial charge on any atom is 0.253 e. The quantitative estimate of drug-likeness (QED) is 0.799. The number of imidazole rings is 1. The van der Waals surface area contributed by atoms with Crippen molar-refractivity contribution in [2.45, 2.75) is 45.7 Å². The Hall–Kier alpha value is -2.76. The fourth-order valence-electron chi connectivity index (χ4n) is 3.37. The van der Waals surface area contributed by atoms with Gasteiger partial charge in [-0.1, -0.05) is 6.42 Å². The maximum atomic E-state index is 12.8. The van der Waals surface area contributed by atoms with Gasteiger partial charge in [0, 0.05) is 37.6 Å². The van der Waals surface area contributed by atoms with Gasteiger partial charge in [-0.15, -0.1) is 0 Å². The predicted molar refractivity (Wildman–Crippen MR) is 95.2 cm³/mol. The second-order valence-electron chi connectivity index (χ2n) is 6.51. The summed E-state index contributed by atoms with van der Waals surface area (Å²) in [6.45, 7) is 3.33. The zero-order valence-electron chi connectivity index (χ0n) is 14.3. The van der Waals surface area contributed by atoms with Crippen LogP contribution in [-0.2, 0) is 19.5 Å². The van der Waals surface area contributed by atoms with Crippen LogP contribution in [0.1, 0.15) is 46.7 Å². The largest absolute Gasteiger partial charge is 0.348 e. The van der Waals surface area contributed by atoms with Gasteiger partial charge in [0.25, 0.3) is 5.91 Å². The molecule has 0 atom stereocenters. The third kappa shape index (κ3) is 3.12. The molecule has 0 saturated heterocycles. The monoisotopic (exact) mass is 335 g/mol. The summed E-state index contributed by atoms with van der Waals surface area (Å²) in [6, 6.07) is 5.62. The molecule has 0 aliphatic carbocycles. The molecule has 4 heterocycles. The average molecular weight is 335 g/mol. The maximum absolute atomic E-state index is 12.8. The first-order chi connectivity index (χ1) is 12.2. The second kappa shape index (κ2) is 6.63. The van der Waals surface area contributed by atoms with Crippen LogP contribution in [0.4, 0.5) is 0 Å². The summed E-state index contributed by atoms with van der Waals surface area (Å²) in [4.78, 5) is 26.2. The number of aryl methyl sites for hydroxylation is 3. The summed E-state index contributed by atoms with van der Waals surface area (Å²) < 4.78 is 2.19. The van der Waals surface area contributed by atoms with Crippen molar-refractivity contribution < 1.29 is 4.79 Å². The van der Waals surface area contributed by atoms with Gasteiger partial charge in [0.15, 0.2) is 5.65 Å². The summed E-state index contributed by atoms with van der Waals surface area (Å²) in [5.74, 6) is 0.939. The van der Waals surface area contributed by atoms with Gasteiger partial charge in [-0.25, -0.2) is 9.97 Å². The molecule has 1 N–H and O–H groups in total. The zero-order valence-corrected chi connectivity index (χ0v) is 14.3. The average Bonchev–Trinajstić information content (AvgIpc) is 2.81. The number of rotatable bonds is 3. The van der Waals surface area contributed by atoms with Gasteiger partial charge in [0.05, 0.1) is 5.56 Å². The van der Waals surface area contributed by atoms with Crippen LogP contribution in [0.5, 0.6) is 0 Å². The van der Waals surface area contributed by atoms with Crippen LogP contribution < -0.4 is 5.32 Å². The van der Waals surface area contributed by atoms with Gasteiger partial charge >= 0.3 is 0 Å². The van der Waals surface area contributed by atoms with E-state index < -0.39 is 0 Å². The molecule has 1 amide bonds. The molecule has 0 spiro atoms. The molecule has 6 heteroatoms. The van der Waals surface area contributed by atoms with E-state index in [-0.39, 0.29) is 5.91 Å². The highest BCUT2D eigenvalue weighted by Crippen LogP contribution is 2.24. The van der Waals surface area contributed by atoms with Crippen molar-refractivity contribution in [2.24, 2.45) is 0 Å². The normalized spacial score (nSPS) is 14.1. The number of nitrogens with zero attached hydrogens (tertiary/aromatic N) is 4. The van der Waals surface area contributed by atoms with Crippen molar-refractivity contribution >= 4 is 17.1 Å². The third-order valence-electron chi connectivity index (χ3n) is 4.64. The molecule has 1 aliphatic heterocycles. The van der Waals surface area contributed by atoms with Gasteiger partial charge < -0.3 is 9.88 Å². The fraction of sp³-hybridized carbons (Fsp3) is 0.368. The van der Waals surface area contributed by atoms with E-state index in [0.29, 0.717) is 12.1 Å². The Labute approximate surface area is 146 Å². The molecule has 0 unspecified atom stereocenters. The van der Waals surface area contributed by atoms with Crippen molar-refractivity contribution in [3.63, 3.8) is 0 Å². The minimum Gasteiger partial charge on any atom is -0.348 e. The van der Waals surface area contributed by atoms with Crippen LogP contribution in [0, 0.1) is 6.92 Å². The summed E-state index contributed by atoms with van der Waals surface area (Å²) >= 11 is 0. The lowest BCUT2D eigenvalue weighted by Gasteiger charge is -2.08. The van der Waals surface area contributed by atoms with Gasteiger partial charge in [-0.3, -0.25) is 9.78 Å². The Bertz CT molecular complexity index is 916. The van der Waals surface area contributed by atoms with Crippen LogP contribution in [0.25, 0.3) is 11.2 Å². The van der Waals surface area contributed by atoms with Gasteiger partial charge in [-0.05, 0) is 43.5 Å². The molecule has 0 saturated carbocycles. The van der Waals surface area contributed by atoms with Crippen molar-refractivity contribution in [1.29, 1.82) is 0 Å². The molecule has 6 nitrogen and oxygen atoms in total. The molecule has 0 aromatic carbocycles. The van der Waals surface area contributed by atoms with E-state index in [4.69, 9.17) is 4.98 Å². The third-order valence-corrected chi connectivity index (χ3v) is 4.64. The minimum absolute atomic E-state index is 0.111. The van der Waals surface area contributed by atoms with Crippen molar-refractivity contribution in [3.8, 4) is 0 Å². The highest BCUT2D eigenvalue weighted by Gasteiger charge is 2.20. The number of hydrogen-bond donors (Lipinski definition) is 1. The molecule has 3 aromatic heterocycles. The van der Waals surface area contributed by atoms with Crippen molar-refractivity contribution in [2.75, 3.05) is 0 Å². The standard InChI is InChI=1S/C19H21N5O/c1-13-11-15(19(25)21-12-14-6-8-20-9-7-14)17-18(22-13)24-10-4-2-3-5-16(24)23-17/h6-9,11H,2-5,10,12H2,1H3,(H,21,25). The van der Waals surface area contributed by atoms with Crippen LogP contribution in [0.2, 0.25) is 0 Å². The van der Waals surface area contributed by atoms with Gasteiger partial charge in [0.1, 0.15) is 11.3 Å². The lowest BCUT2D eigenvalue weighted by atomic mass is 10.1. The Balaban J connectivity index is 1.68. The topological polar surface area (TPSA) is 72.7 Å². The molecule has 1 aliphatic rings. The number of pyridine rings is 2. The van der Waals surface area contributed by atoms with Gasteiger partial charge in [-0.2, -0.15) is 0 Å². The molecule has 0 bridgehead atoms. The summed E-state index contributed by atoms with van der Waals surface area (Å²) in [6.07, 6.45) is 7.90. The summed E-state index contributed by atoms with van der Waals surface area (Å²) in [7, 11) is 0. The van der Waals surface area contributed by atoms with E-state index in [2.05, 4.69) is 19.9 Å². The zero-order chi connectivity index (χ0) is 17.2. The second-order valence-corrected chi connectivity index (χ2v) is 6.51. The number of carbonyl (C=O) groups excluding carboxylic acids is 1.